The zero-order chi connectivity index (χ0) is 18.0. The van der Waals surface area contributed by atoms with Crippen molar-refractivity contribution in [2.75, 3.05) is 19.6 Å². The van der Waals surface area contributed by atoms with Gasteiger partial charge in [-0.2, -0.15) is 8.42 Å². The average molecular weight is 363 g/mol. The molecule has 2 aliphatic heterocycles. The van der Waals surface area contributed by atoms with E-state index >= 15 is 0 Å². The minimum Gasteiger partial charge on any atom is -0.343 e. The van der Waals surface area contributed by atoms with E-state index in [1.807, 2.05) is 22.8 Å². The second-order valence-corrected chi connectivity index (χ2v) is 8.08. The van der Waals surface area contributed by atoms with Gasteiger partial charge in [0.1, 0.15) is 10.9 Å². The molecule has 3 rings (SSSR count). The Labute approximate surface area is 149 Å². The van der Waals surface area contributed by atoms with Crippen LogP contribution in [0.1, 0.15) is 45.1 Å². The maximum atomic E-state index is 13.0. The summed E-state index contributed by atoms with van der Waals surface area (Å²) in [5.74, 6) is 0.510. The Morgan fingerprint density at radius 1 is 1.32 bits per heavy atom. The van der Waals surface area contributed by atoms with Crippen LogP contribution >= 0.6 is 0 Å². The van der Waals surface area contributed by atoms with Gasteiger partial charge in [-0.15, -0.1) is 4.40 Å². The number of likely N-dealkylation sites (N-methyl/N-ethyl adjacent to an activating group) is 1. The van der Waals surface area contributed by atoms with E-state index in [2.05, 4.69) is 11.3 Å². The van der Waals surface area contributed by atoms with Crippen molar-refractivity contribution in [3.8, 4) is 0 Å². The van der Waals surface area contributed by atoms with E-state index in [0.717, 1.165) is 32.2 Å². The van der Waals surface area contributed by atoms with Crippen LogP contribution in [-0.2, 0) is 14.8 Å². The summed E-state index contributed by atoms with van der Waals surface area (Å²) >= 11 is 0. The molecule has 25 heavy (non-hydrogen) atoms. The largest absolute Gasteiger partial charge is 0.343 e. The van der Waals surface area contributed by atoms with Crippen molar-refractivity contribution in [2.24, 2.45) is 4.40 Å². The third-order valence-electron chi connectivity index (χ3n) is 4.90. The first-order chi connectivity index (χ1) is 12.0. The summed E-state index contributed by atoms with van der Waals surface area (Å²) in [4.78, 5) is 17.0. The number of amides is 1. The zero-order valence-electron chi connectivity index (χ0n) is 14.8. The van der Waals surface area contributed by atoms with Crippen molar-refractivity contribution in [2.45, 2.75) is 50.5 Å². The molecule has 1 fully saturated rings. The lowest BCUT2D eigenvalue weighted by Gasteiger charge is -2.30. The SMILES string of the molecule is CCCCN(CC)C(=O)[C@@H]1CCCN1C1=NS(=O)(=O)c2ccccc21. The van der Waals surface area contributed by atoms with E-state index in [1.54, 1.807) is 18.2 Å². The Kier molecular flexibility index (Phi) is 5.13. The number of sulfonamides is 1. The molecule has 1 aromatic carbocycles. The van der Waals surface area contributed by atoms with Crippen LogP contribution in [-0.4, -0.2) is 55.6 Å². The van der Waals surface area contributed by atoms with Crippen LogP contribution in [0, 0.1) is 0 Å². The van der Waals surface area contributed by atoms with E-state index in [4.69, 9.17) is 0 Å². The van der Waals surface area contributed by atoms with Gasteiger partial charge >= 0.3 is 0 Å². The number of carbonyl (C=O) groups excluding carboxylic acids is 1. The van der Waals surface area contributed by atoms with Crippen LogP contribution in [0.15, 0.2) is 33.6 Å². The lowest BCUT2D eigenvalue weighted by molar-refractivity contribution is -0.134. The second-order valence-electron chi connectivity index (χ2n) is 6.51. The topological polar surface area (TPSA) is 70.1 Å². The predicted molar refractivity (Wildman–Crippen MR) is 97.1 cm³/mol. The highest BCUT2D eigenvalue weighted by molar-refractivity contribution is 7.90. The lowest BCUT2D eigenvalue weighted by atomic mass is 10.1. The van der Waals surface area contributed by atoms with Crippen molar-refractivity contribution in [3.63, 3.8) is 0 Å². The molecule has 2 heterocycles. The number of nitrogens with zero attached hydrogens (tertiary/aromatic N) is 3. The number of rotatable bonds is 5. The molecule has 0 aromatic heterocycles. The van der Waals surface area contributed by atoms with Crippen molar-refractivity contribution in [1.29, 1.82) is 0 Å². The molecule has 7 heteroatoms. The van der Waals surface area contributed by atoms with Crippen LogP contribution in [0.5, 0.6) is 0 Å². The average Bonchev–Trinajstić information content (AvgIpc) is 3.18. The van der Waals surface area contributed by atoms with Crippen molar-refractivity contribution in [1.82, 2.24) is 9.80 Å². The Balaban J connectivity index is 1.89. The third-order valence-corrected chi connectivity index (χ3v) is 6.22. The van der Waals surface area contributed by atoms with Gasteiger partial charge in [-0.25, -0.2) is 0 Å². The lowest BCUT2D eigenvalue weighted by Crippen LogP contribution is -2.48. The first-order valence-corrected chi connectivity index (χ1v) is 10.4. The molecule has 0 spiro atoms. The summed E-state index contributed by atoms with van der Waals surface area (Å²) in [6.07, 6.45) is 3.62. The quantitative estimate of drug-likeness (QED) is 0.804. The number of benzene rings is 1. The van der Waals surface area contributed by atoms with Crippen molar-refractivity contribution >= 4 is 21.8 Å². The summed E-state index contributed by atoms with van der Waals surface area (Å²) in [6, 6.07) is 6.53. The highest BCUT2D eigenvalue weighted by Gasteiger charge is 2.40. The number of hydrogen-bond donors (Lipinski definition) is 0. The molecule has 0 bridgehead atoms. The maximum absolute atomic E-state index is 13.0. The maximum Gasteiger partial charge on any atom is 0.285 e. The molecule has 0 N–H and O–H groups in total. The molecule has 0 unspecified atom stereocenters. The monoisotopic (exact) mass is 363 g/mol. The van der Waals surface area contributed by atoms with Gasteiger partial charge in [0.25, 0.3) is 10.0 Å². The molecule has 0 radical (unpaired) electrons. The van der Waals surface area contributed by atoms with Crippen LogP contribution in [0.2, 0.25) is 0 Å². The van der Waals surface area contributed by atoms with E-state index in [9.17, 15) is 13.2 Å². The molecule has 2 aliphatic rings. The molecule has 0 saturated carbocycles. The van der Waals surface area contributed by atoms with Gasteiger partial charge in [0.15, 0.2) is 5.84 Å². The molecule has 1 aromatic rings. The standard InChI is InChI=1S/C18H25N3O3S/c1-3-5-12-20(4-2)18(22)15-10-8-13-21(15)17-14-9-6-7-11-16(14)25(23,24)19-17/h6-7,9,11,15H,3-5,8,10,12-13H2,1-2H3/t15-/m0/s1. The van der Waals surface area contributed by atoms with E-state index in [0.29, 0.717) is 24.5 Å². The van der Waals surface area contributed by atoms with Gasteiger partial charge in [-0.05, 0) is 38.3 Å². The fourth-order valence-electron chi connectivity index (χ4n) is 3.56. The summed E-state index contributed by atoms with van der Waals surface area (Å²) < 4.78 is 28.6. The highest BCUT2D eigenvalue weighted by atomic mass is 32.2. The number of likely N-dealkylation sites (tertiary alicyclic amines) is 1. The fraction of sp³-hybridized carbons (Fsp3) is 0.556. The first-order valence-electron chi connectivity index (χ1n) is 8.99. The van der Waals surface area contributed by atoms with Crippen LogP contribution in [0.3, 0.4) is 0 Å². The fourth-order valence-corrected chi connectivity index (χ4v) is 4.77. The van der Waals surface area contributed by atoms with Crippen LogP contribution in [0.4, 0.5) is 0 Å². The molecular weight excluding hydrogens is 338 g/mol. The molecular formula is C18H25N3O3S. The number of fused-ring (bicyclic) bond motifs is 1. The highest BCUT2D eigenvalue weighted by Crippen LogP contribution is 2.31. The van der Waals surface area contributed by atoms with E-state index in [-0.39, 0.29) is 16.8 Å². The zero-order valence-corrected chi connectivity index (χ0v) is 15.6. The summed E-state index contributed by atoms with van der Waals surface area (Å²) in [6.45, 7) is 6.17. The van der Waals surface area contributed by atoms with E-state index < -0.39 is 10.0 Å². The van der Waals surface area contributed by atoms with Crippen LogP contribution < -0.4 is 0 Å². The van der Waals surface area contributed by atoms with Gasteiger partial charge in [0, 0.05) is 25.2 Å². The predicted octanol–water partition coefficient (Wildman–Crippen LogP) is 2.25. The Morgan fingerprint density at radius 2 is 2.08 bits per heavy atom. The summed E-state index contributed by atoms with van der Waals surface area (Å²) in [7, 11) is -3.66. The molecule has 0 aliphatic carbocycles. The van der Waals surface area contributed by atoms with E-state index in [1.165, 1.54) is 0 Å². The van der Waals surface area contributed by atoms with Crippen LogP contribution in [0.25, 0.3) is 0 Å². The first kappa shape index (κ1) is 17.9. The normalized spacial score (nSPS) is 21.1. The Hall–Kier alpha value is -1.89. The molecule has 136 valence electrons. The molecule has 6 nitrogen and oxygen atoms in total. The second kappa shape index (κ2) is 7.15. The summed E-state index contributed by atoms with van der Waals surface area (Å²) in [5, 5.41) is 0. The number of hydrogen-bond acceptors (Lipinski definition) is 4. The van der Waals surface area contributed by atoms with Gasteiger partial charge in [0.2, 0.25) is 5.91 Å². The van der Waals surface area contributed by atoms with Gasteiger partial charge < -0.3 is 9.80 Å². The number of unbranched alkanes of at least 4 members (excludes halogenated alkanes) is 1. The minimum atomic E-state index is -3.66. The van der Waals surface area contributed by atoms with Crippen molar-refractivity contribution in [3.05, 3.63) is 29.8 Å². The number of carbonyl (C=O) groups is 1. The minimum absolute atomic E-state index is 0.0814. The van der Waals surface area contributed by atoms with Gasteiger partial charge in [0.05, 0.1) is 0 Å². The Bertz CT molecular complexity index is 789. The third kappa shape index (κ3) is 3.29. The smallest absolute Gasteiger partial charge is 0.285 e. The molecule has 1 saturated heterocycles. The Morgan fingerprint density at radius 3 is 2.80 bits per heavy atom. The van der Waals surface area contributed by atoms with Gasteiger partial charge in [-0.3, -0.25) is 4.79 Å². The molecule has 1 amide bonds. The summed E-state index contributed by atoms with van der Waals surface area (Å²) in [5.41, 5.74) is 0.610. The van der Waals surface area contributed by atoms with Gasteiger partial charge in [-0.1, -0.05) is 25.5 Å². The molecule has 1 atom stereocenters. The van der Waals surface area contributed by atoms with Crippen molar-refractivity contribution < 1.29 is 13.2 Å². The number of amidine groups is 1.